The minimum atomic E-state index is -2.81. The Bertz CT molecular complexity index is 1230. The number of carbonyl (C=O) groups is 4. The molecule has 4 heterocycles. The van der Waals surface area contributed by atoms with Gasteiger partial charge in [0.15, 0.2) is 16.9 Å². The number of imide groups is 2. The molecule has 5 rings (SSSR count). The molecule has 2 aromatic rings. The molecular formula is C20H18F3N5O6. The molecule has 1 aromatic carbocycles. The summed E-state index contributed by atoms with van der Waals surface area (Å²) in [5, 5.41) is 9.63. The second kappa shape index (κ2) is 7.68. The molecule has 2 saturated heterocycles. The lowest BCUT2D eigenvalue weighted by Crippen LogP contribution is -2.74. The van der Waals surface area contributed by atoms with Crippen molar-refractivity contribution in [2.24, 2.45) is 5.41 Å². The van der Waals surface area contributed by atoms with Crippen molar-refractivity contribution in [2.75, 3.05) is 24.6 Å². The number of hydrogen-bond donors (Lipinski definition) is 3. The molecule has 2 fully saturated rings. The van der Waals surface area contributed by atoms with Gasteiger partial charge in [0.25, 0.3) is 12.3 Å². The van der Waals surface area contributed by atoms with Gasteiger partial charge in [-0.05, 0) is 18.6 Å². The molecule has 0 aliphatic carbocycles. The van der Waals surface area contributed by atoms with E-state index in [4.69, 9.17) is 9.26 Å². The molecule has 1 aromatic heterocycles. The molecule has 180 valence electrons. The first kappa shape index (κ1) is 22.1. The number of carbonyl (C=O) groups excluding carboxylic acids is 4. The number of nitrogens with zero attached hydrogens (tertiary/aromatic N) is 2. The van der Waals surface area contributed by atoms with E-state index in [1.165, 1.54) is 11.0 Å². The summed E-state index contributed by atoms with van der Waals surface area (Å²) in [6.07, 6.45) is -3.82. The van der Waals surface area contributed by atoms with Crippen molar-refractivity contribution in [1.29, 1.82) is 0 Å². The smallest absolute Gasteiger partial charge is 0.328 e. The fraction of sp³-hybridized carbons (Fsp3) is 0.450. The zero-order valence-corrected chi connectivity index (χ0v) is 17.6. The summed E-state index contributed by atoms with van der Waals surface area (Å²) in [5.74, 6) is -3.60. The third-order valence-corrected chi connectivity index (χ3v) is 6.41. The summed E-state index contributed by atoms with van der Waals surface area (Å²) in [4.78, 5) is 51.8. The van der Waals surface area contributed by atoms with Gasteiger partial charge >= 0.3 is 6.03 Å². The Labute approximate surface area is 188 Å². The number of aromatic nitrogens is 1. The molecule has 3 N–H and O–H groups in total. The second-order valence-electron chi connectivity index (χ2n) is 8.31. The van der Waals surface area contributed by atoms with Gasteiger partial charge in [-0.25, -0.2) is 18.0 Å². The minimum Gasteiger partial charge on any atom is -0.374 e. The maximum Gasteiger partial charge on any atom is 0.328 e. The Kier molecular flexibility index (Phi) is 5.00. The van der Waals surface area contributed by atoms with Gasteiger partial charge in [-0.3, -0.25) is 25.0 Å². The monoisotopic (exact) mass is 481 g/mol. The van der Waals surface area contributed by atoms with Crippen LogP contribution in [0.4, 0.5) is 23.7 Å². The highest BCUT2D eigenvalue weighted by molar-refractivity contribution is 6.20. The zero-order chi connectivity index (χ0) is 24.4. The molecule has 0 saturated carbocycles. The molecule has 34 heavy (non-hydrogen) atoms. The Balaban J connectivity index is 1.68. The predicted octanol–water partition coefficient (Wildman–Crippen LogP) is 0.464. The third-order valence-electron chi connectivity index (χ3n) is 6.41. The lowest BCUT2D eigenvalue weighted by atomic mass is 9.66. The molecule has 0 radical (unpaired) electrons. The fourth-order valence-electron chi connectivity index (χ4n) is 5.08. The molecule has 5 amide bonds. The van der Waals surface area contributed by atoms with Crippen LogP contribution in [0.15, 0.2) is 10.6 Å². The van der Waals surface area contributed by atoms with E-state index in [1.54, 1.807) is 6.92 Å². The van der Waals surface area contributed by atoms with E-state index in [0.29, 0.717) is 0 Å². The normalized spacial score (nSPS) is 23.6. The van der Waals surface area contributed by atoms with Crippen molar-refractivity contribution >= 4 is 40.4 Å². The summed E-state index contributed by atoms with van der Waals surface area (Å²) >= 11 is 0. The Hall–Kier alpha value is -3.68. The Morgan fingerprint density at radius 1 is 1.32 bits per heavy atom. The number of ether oxygens (including phenoxy) is 1. The number of fused-ring (bicyclic) bond motifs is 5. The predicted molar refractivity (Wildman–Crippen MR) is 107 cm³/mol. The Morgan fingerprint density at radius 3 is 2.71 bits per heavy atom. The van der Waals surface area contributed by atoms with Crippen molar-refractivity contribution in [2.45, 2.75) is 31.9 Å². The van der Waals surface area contributed by atoms with Gasteiger partial charge in [0.2, 0.25) is 17.4 Å². The average Bonchev–Trinajstić information content (AvgIpc) is 3.20. The van der Waals surface area contributed by atoms with Gasteiger partial charge < -0.3 is 19.5 Å². The molecular weight excluding hydrogens is 463 g/mol. The van der Waals surface area contributed by atoms with Crippen LogP contribution in [0.3, 0.4) is 0 Å². The van der Waals surface area contributed by atoms with E-state index in [0.717, 1.165) is 0 Å². The third kappa shape index (κ3) is 3.04. The van der Waals surface area contributed by atoms with E-state index in [1.807, 2.05) is 5.32 Å². The summed E-state index contributed by atoms with van der Waals surface area (Å²) < 4.78 is 51.4. The number of halogens is 3. The van der Waals surface area contributed by atoms with Crippen LogP contribution in [0.2, 0.25) is 0 Å². The number of anilines is 1. The molecule has 11 nitrogen and oxygen atoms in total. The van der Waals surface area contributed by atoms with Gasteiger partial charge in [0.05, 0.1) is 36.4 Å². The average molecular weight is 481 g/mol. The van der Waals surface area contributed by atoms with Crippen molar-refractivity contribution in [3.63, 3.8) is 0 Å². The summed E-state index contributed by atoms with van der Waals surface area (Å²) in [5.41, 5.74) is -2.40. The van der Waals surface area contributed by atoms with E-state index >= 15 is 4.39 Å². The summed E-state index contributed by atoms with van der Waals surface area (Å²) in [6.45, 7) is 0.989. The van der Waals surface area contributed by atoms with E-state index in [2.05, 4.69) is 15.8 Å². The molecule has 0 bridgehead atoms. The number of barbiturate groups is 1. The number of hydrogen-bond acceptors (Lipinski definition) is 8. The molecule has 2 atom stereocenters. The zero-order valence-electron chi connectivity index (χ0n) is 17.6. The van der Waals surface area contributed by atoms with E-state index in [-0.39, 0.29) is 41.8 Å². The molecule has 14 heteroatoms. The van der Waals surface area contributed by atoms with Crippen LogP contribution in [0, 0.1) is 11.2 Å². The molecule has 1 spiro atoms. The lowest BCUT2D eigenvalue weighted by molar-refractivity contribution is -0.151. The van der Waals surface area contributed by atoms with Crippen molar-refractivity contribution in [1.82, 2.24) is 21.1 Å². The van der Waals surface area contributed by atoms with Crippen molar-refractivity contribution in [3.05, 3.63) is 23.1 Å². The van der Waals surface area contributed by atoms with E-state index in [9.17, 15) is 28.0 Å². The van der Waals surface area contributed by atoms with Crippen LogP contribution in [-0.2, 0) is 20.7 Å². The van der Waals surface area contributed by atoms with Gasteiger partial charge in [-0.1, -0.05) is 5.16 Å². The number of alkyl halides is 2. The quantitative estimate of drug-likeness (QED) is 0.537. The SMILES string of the molecule is C[C@@H]1OCCN2c3c(cc4c(C(=O)NCC(F)F)noc4c3F)CC3(C(=O)NC(=O)NC3=O)[C@@H]12. The number of amides is 5. The highest BCUT2D eigenvalue weighted by Crippen LogP contribution is 2.48. The van der Waals surface area contributed by atoms with Gasteiger partial charge in [-0.2, -0.15) is 0 Å². The molecule has 3 aliphatic rings. The van der Waals surface area contributed by atoms with Crippen LogP contribution in [-0.4, -0.2) is 67.2 Å². The standard InChI is InChI=1S/C20H18F3N5O6/c1-7-15-20(17(30)25-19(32)26-18(20)31)5-8-4-9-12(16(29)24-6-10(21)22)27-34-14(9)11(23)13(8)28(15)2-3-33-7/h4,7,10,15H,2-3,5-6H2,1H3,(H,24,29)(H2,25,26,30,31,32)/t7-,15+/m0/s1. The maximum absolute atomic E-state index is 15.7. The lowest BCUT2D eigenvalue weighted by Gasteiger charge is -2.54. The minimum absolute atomic E-state index is 0.0477. The number of nitrogens with one attached hydrogen (secondary N) is 3. The van der Waals surface area contributed by atoms with Crippen LogP contribution in [0.1, 0.15) is 23.0 Å². The largest absolute Gasteiger partial charge is 0.374 e. The molecule has 0 unspecified atom stereocenters. The highest BCUT2D eigenvalue weighted by atomic mass is 19.3. The maximum atomic E-state index is 15.7. The highest BCUT2D eigenvalue weighted by Gasteiger charge is 2.62. The van der Waals surface area contributed by atoms with Gasteiger partial charge in [0, 0.05) is 13.0 Å². The molecule has 3 aliphatic heterocycles. The number of rotatable bonds is 3. The van der Waals surface area contributed by atoms with Gasteiger partial charge in [-0.15, -0.1) is 0 Å². The van der Waals surface area contributed by atoms with Crippen molar-refractivity contribution in [3.8, 4) is 0 Å². The van der Waals surface area contributed by atoms with E-state index < -0.39 is 65.8 Å². The van der Waals surface area contributed by atoms with Gasteiger partial charge in [0.1, 0.15) is 0 Å². The van der Waals surface area contributed by atoms with Crippen LogP contribution < -0.4 is 20.9 Å². The topological polar surface area (TPSA) is 143 Å². The Morgan fingerprint density at radius 2 is 2.03 bits per heavy atom. The first-order valence-corrected chi connectivity index (χ1v) is 10.4. The van der Waals surface area contributed by atoms with Crippen LogP contribution in [0.5, 0.6) is 0 Å². The first-order chi connectivity index (χ1) is 16.1. The first-order valence-electron chi connectivity index (χ1n) is 10.4. The number of urea groups is 1. The second-order valence-corrected chi connectivity index (χ2v) is 8.31. The number of morpholine rings is 1. The summed E-state index contributed by atoms with van der Waals surface area (Å²) in [7, 11) is 0. The fourth-order valence-corrected chi connectivity index (χ4v) is 5.08. The number of benzene rings is 1. The van der Waals surface area contributed by atoms with Crippen LogP contribution >= 0.6 is 0 Å². The van der Waals surface area contributed by atoms with Crippen molar-refractivity contribution < 1.29 is 41.6 Å². The summed E-state index contributed by atoms with van der Waals surface area (Å²) in [6, 6.07) is -0.581. The van der Waals surface area contributed by atoms with Crippen LogP contribution in [0.25, 0.3) is 11.0 Å².